The summed E-state index contributed by atoms with van der Waals surface area (Å²) < 4.78 is 5.02. The second kappa shape index (κ2) is 7.52. The molecule has 2 aromatic carbocycles. The Bertz CT molecular complexity index is 946. The molecule has 7 nitrogen and oxygen atoms in total. The van der Waals surface area contributed by atoms with Crippen molar-refractivity contribution in [2.75, 3.05) is 7.11 Å². The van der Waals surface area contributed by atoms with E-state index in [1.165, 1.54) is 19.4 Å². The number of hydrogen-bond donors (Lipinski definition) is 3. The number of hydrazone groups is 1. The molecule has 0 spiro atoms. The summed E-state index contributed by atoms with van der Waals surface area (Å²) in [5, 5.41) is 20.3. The maximum atomic E-state index is 12.2. The van der Waals surface area contributed by atoms with Crippen LogP contribution < -0.4 is 10.2 Å². The molecule has 7 heteroatoms. The first-order chi connectivity index (χ1) is 12.6. The fourth-order valence-corrected chi connectivity index (χ4v) is 2.31. The van der Waals surface area contributed by atoms with Gasteiger partial charge in [-0.25, -0.2) is 5.43 Å². The van der Waals surface area contributed by atoms with Crippen LogP contribution in [0.2, 0.25) is 0 Å². The summed E-state index contributed by atoms with van der Waals surface area (Å²) in [5.74, 6) is -0.0378. The van der Waals surface area contributed by atoms with Crippen molar-refractivity contribution in [1.29, 1.82) is 0 Å². The largest absolute Gasteiger partial charge is 0.504 e. The summed E-state index contributed by atoms with van der Waals surface area (Å²) in [4.78, 5) is 12.2. The third-order valence-corrected chi connectivity index (χ3v) is 3.75. The fraction of sp³-hybridized carbons (Fsp3) is 0.105. The average Bonchev–Trinajstić information content (AvgIpc) is 3.14. The van der Waals surface area contributed by atoms with Crippen molar-refractivity contribution in [2.24, 2.45) is 5.10 Å². The molecule has 3 N–H and O–H groups in total. The van der Waals surface area contributed by atoms with E-state index in [1.54, 1.807) is 18.2 Å². The van der Waals surface area contributed by atoms with E-state index in [9.17, 15) is 9.90 Å². The first-order valence-corrected chi connectivity index (χ1v) is 7.89. The van der Waals surface area contributed by atoms with Gasteiger partial charge in [0, 0.05) is 5.56 Å². The Morgan fingerprint density at radius 1 is 1.23 bits per heavy atom. The van der Waals surface area contributed by atoms with Crippen LogP contribution in [0.5, 0.6) is 11.5 Å². The monoisotopic (exact) mass is 350 g/mol. The van der Waals surface area contributed by atoms with Gasteiger partial charge in [-0.05, 0) is 36.8 Å². The number of carbonyl (C=O) groups is 1. The zero-order valence-corrected chi connectivity index (χ0v) is 14.4. The van der Waals surface area contributed by atoms with Gasteiger partial charge in [0.15, 0.2) is 11.5 Å². The molecule has 0 saturated carbocycles. The molecule has 0 aliphatic rings. The first kappa shape index (κ1) is 17.2. The van der Waals surface area contributed by atoms with Crippen LogP contribution in [0.3, 0.4) is 0 Å². The fourth-order valence-electron chi connectivity index (χ4n) is 2.31. The second-order valence-corrected chi connectivity index (χ2v) is 5.66. The molecule has 132 valence electrons. The SMILES string of the molecule is COc1cc(/C=N/NC(=O)c2cc(-c3ccc(C)cc3)n[nH]2)ccc1O. The molecule has 26 heavy (non-hydrogen) atoms. The molecular weight excluding hydrogens is 332 g/mol. The third kappa shape index (κ3) is 3.89. The Labute approximate surface area is 150 Å². The lowest BCUT2D eigenvalue weighted by Crippen LogP contribution is -2.18. The van der Waals surface area contributed by atoms with E-state index in [2.05, 4.69) is 20.7 Å². The van der Waals surface area contributed by atoms with Gasteiger partial charge in [0.05, 0.1) is 19.0 Å². The minimum atomic E-state index is -0.405. The van der Waals surface area contributed by atoms with Gasteiger partial charge in [0.25, 0.3) is 5.91 Å². The van der Waals surface area contributed by atoms with Crippen LogP contribution in [0.15, 0.2) is 53.6 Å². The predicted molar refractivity (Wildman–Crippen MR) is 98.5 cm³/mol. The van der Waals surface area contributed by atoms with E-state index in [4.69, 9.17) is 4.74 Å². The summed E-state index contributed by atoms with van der Waals surface area (Å²) in [6.07, 6.45) is 1.46. The highest BCUT2D eigenvalue weighted by Gasteiger charge is 2.10. The number of phenolic OH excluding ortho intramolecular Hbond substituents is 1. The number of phenols is 1. The van der Waals surface area contributed by atoms with E-state index >= 15 is 0 Å². The summed E-state index contributed by atoms with van der Waals surface area (Å²) in [5.41, 5.74) is 6.17. The van der Waals surface area contributed by atoms with E-state index in [0.717, 1.165) is 11.1 Å². The summed E-state index contributed by atoms with van der Waals surface area (Å²) in [6, 6.07) is 14.3. The van der Waals surface area contributed by atoms with E-state index < -0.39 is 5.91 Å². The number of aromatic nitrogens is 2. The van der Waals surface area contributed by atoms with Crippen LogP contribution in [-0.2, 0) is 0 Å². The van der Waals surface area contributed by atoms with Gasteiger partial charge in [-0.3, -0.25) is 9.89 Å². The highest BCUT2D eigenvalue weighted by atomic mass is 16.5. The topological polar surface area (TPSA) is 99.6 Å². The molecule has 0 radical (unpaired) electrons. The molecule has 3 rings (SSSR count). The summed E-state index contributed by atoms with van der Waals surface area (Å²) >= 11 is 0. The molecule has 0 aliphatic carbocycles. The molecule has 1 aromatic heterocycles. The molecule has 0 saturated heterocycles. The van der Waals surface area contributed by atoms with Crippen LogP contribution in [0, 0.1) is 6.92 Å². The molecule has 1 heterocycles. The number of carbonyl (C=O) groups excluding carboxylic acids is 1. The van der Waals surface area contributed by atoms with Crippen LogP contribution in [-0.4, -0.2) is 34.5 Å². The van der Waals surface area contributed by atoms with Gasteiger partial charge in [-0.1, -0.05) is 29.8 Å². The predicted octanol–water partition coefficient (Wildman–Crippen LogP) is 2.86. The van der Waals surface area contributed by atoms with Gasteiger partial charge >= 0.3 is 0 Å². The number of hydrogen-bond acceptors (Lipinski definition) is 5. The van der Waals surface area contributed by atoms with Gasteiger partial charge in [0.2, 0.25) is 0 Å². The van der Waals surface area contributed by atoms with Crippen LogP contribution in [0.1, 0.15) is 21.6 Å². The van der Waals surface area contributed by atoms with Crippen molar-refractivity contribution in [3.63, 3.8) is 0 Å². The highest BCUT2D eigenvalue weighted by Crippen LogP contribution is 2.25. The Morgan fingerprint density at radius 3 is 2.73 bits per heavy atom. The Balaban J connectivity index is 1.66. The van der Waals surface area contributed by atoms with E-state index in [0.29, 0.717) is 22.7 Å². The average molecular weight is 350 g/mol. The van der Waals surface area contributed by atoms with E-state index in [1.807, 2.05) is 31.2 Å². The number of aromatic amines is 1. The zero-order valence-electron chi connectivity index (χ0n) is 14.4. The quantitative estimate of drug-likeness (QED) is 0.487. The van der Waals surface area contributed by atoms with Crippen molar-refractivity contribution in [1.82, 2.24) is 15.6 Å². The number of rotatable bonds is 5. The van der Waals surface area contributed by atoms with Crippen molar-refractivity contribution in [2.45, 2.75) is 6.92 Å². The second-order valence-electron chi connectivity index (χ2n) is 5.66. The number of amides is 1. The van der Waals surface area contributed by atoms with Gasteiger partial charge < -0.3 is 9.84 Å². The molecule has 1 amide bonds. The Morgan fingerprint density at radius 2 is 2.00 bits per heavy atom. The summed E-state index contributed by atoms with van der Waals surface area (Å²) in [7, 11) is 1.46. The Hall–Kier alpha value is -3.61. The first-order valence-electron chi connectivity index (χ1n) is 7.89. The van der Waals surface area contributed by atoms with E-state index in [-0.39, 0.29) is 5.75 Å². The van der Waals surface area contributed by atoms with Crippen molar-refractivity contribution in [3.05, 3.63) is 65.4 Å². The number of nitrogens with zero attached hydrogens (tertiary/aromatic N) is 2. The number of nitrogens with one attached hydrogen (secondary N) is 2. The molecule has 0 atom stereocenters. The number of benzene rings is 2. The lowest BCUT2D eigenvalue weighted by molar-refractivity contribution is 0.0950. The maximum absolute atomic E-state index is 12.2. The van der Waals surface area contributed by atoms with Crippen molar-refractivity contribution < 1.29 is 14.6 Å². The number of aromatic hydroxyl groups is 1. The lowest BCUT2D eigenvalue weighted by atomic mass is 10.1. The zero-order chi connectivity index (χ0) is 18.5. The smallest absolute Gasteiger partial charge is 0.289 e. The van der Waals surface area contributed by atoms with Gasteiger partial charge in [-0.15, -0.1) is 0 Å². The molecular formula is C19H18N4O3. The van der Waals surface area contributed by atoms with Gasteiger partial charge in [-0.2, -0.15) is 10.2 Å². The van der Waals surface area contributed by atoms with Crippen LogP contribution in [0.25, 0.3) is 11.3 Å². The summed E-state index contributed by atoms with van der Waals surface area (Å²) in [6.45, 7) is 2.01. The Kier molecular flexibility index (Phi) is 4.98. The van der Waals surface area contributed by atoms with Crippen molar-refractivity contribution >= 4 is 12.1 Å². The molecule has 0 fully saturated rings. The minimum absolute atomic E-state index is 0.0368. The van der Waals surface area contributed by atoms with Crippen LogP contribution in [0.4, 0.5) is 0 Å². The van der Waals surface area contributed by atoms with Gasteiger partial charge in [0.1, 0.15) is 5.69 Å². The number of ether oxygens (including phenoxy) is 1. The highest BCUT2D eigenvalue weighted by molar-refractivity contribution is 5.94. The normalized spacial score (nSPS) is 10.8. The number of methoxy groups -OCH3 is 1. The maximum Gasteiger partial charge on any atom is 0.289 e. The lowest BCUT2D eigenvalue weighted by Gasteiger charge is -2.03. The minimum Gasteiger partial charge on any atom is -0.504 e. The number of aryl methyl sites for hydroxylation is 1. The number of H-pyrrole nitrogens is 1. The molecule has 0 unspecified atom stereocenters. The third-order valence-electron chi connectivity index (χ3n) is 3.75. The molecule has 0 bridgehead atoms. The molecule has 3 aromatic rings. The van der Waals surface area contributed by atoms with Crippen LogP contribution >= 0.6 is 0 Å². The van der Waals surface area contributed by atoms with Crippen molar-refractivity contribution in [3.8, 4) is 22.8 Å². The standard InChI is InChI=1S/C19H18N4O3/c1-12-3-6-14(7-4-12)15-10-16(22-21-15)19(25)23-20-11-13-5-8-17(24)18(9-13)26-2/h3-11,24H,1-2H3,(H,21,22)(H,23,25)/b20-11+. The molecule has 0 aliphatic heterocycles.